The molecule has 2 aromatic heterocycles. The van der Waals surface area contributed by atoms with Crippen LogP contribution in [0.15, 0.2) is 70.5 Å². The molecule has 38 heavy (non-hydrogen) atoms. The van der Waals surface area contributed by atoms with Crippen LogP contribution in [0.5, 0.6) is 11.6 Å². The summed E-state index contributed by atoms with van der Waals surface area (Å²) in [5.41, 5.74) is 4.66. The first-order valence-electron chi connectivity index (χ1n) is 10.9. The van der Waals surface area contributed by atoms with Gasteiger partial charge in [-0.15, -0.1) is 0 Å². The zero-order valence-corrected chi connectivity index (χ0v) is 20.6. The fraction of sp³-hybridized carbons (Fsp3) is 0.125. The van der Waals surface area contributed by atoms with E-state index in [1.807, 2.05) is 0 Å². The average Bonchev–Trinajstić information content (AvgIpc) is 2.91. The van der Waals surface area contributed by atoms with Gasteiger partial charge in [0.2, 0.25) is 11.8 Å². The first-order chi connectivity index (χ1) is 18.2. The van der Waals surface area contributed by atoms with Gasteiger partial charge in [-0.25, -0.2) is 24.1 Å². The van der Waals surface area contributed by atoms with E-state index < -0.39 is 29.8 Å². The van der Waals surface area contributed by atoms with Crippen LogP contribution in [0, 0.1) is 0 Å². The van der Waals surface area contributed by atoms with Crippen molar-refractivity contribution < 1.29 is 19.1 Å². The number of hydrogen-bond donors (Lipinski definition) is 2. The van der Waals surface area contributed by atoms with Crippen molar-refractivity contribution in [1.82, 2.24) is 24.1 Å². The number of carbonyl (C=O) groups is 2. The van der Waals surface area contributed by atoms with E-state index in [0.717, 1.165) is 7.11 Å². The van der Waals surface area contributed by atoms with Gasteiger partial charge in [-0.2, -0.15) is 4.98 Å². The molecular weight excluding hydrogens is 518 g/mol. The maximum absolute atomic E-state index is 13.2. The van der Waals surface area contributed by atoms with Crippen LogP contribution in [0.3, 0.4) is 0 Å². The minimum Gasteiger partial charge on any atom is -0.468 e. The fourth-order valence-corrected chi connectivity index (χ4v) is 3.35. The van der Waals surface area contributed by atoms with Gasteiger partial charge >= 0.3 is 17.3 Å². The highest BCUT2D eigenvalue weighted by Gasteiger charge is 2.17. The molecule has 0 radical (unpaired) electrons. The van der Waals surface area contributed by atoms with Crippen LogP contribution >= 0.6 is 11.6 Å². The smallest absolute Gasteiger partial charge is 0.355 e. The van der Waals surface area contributed by atoms with Crippen molar-refractivity contribution in [2.45, 2.75) is 13.1 Å². The second-order valence-corrected chi connectivity index (χ2v) is 8.17. The maximum Gasteiger partial charge on any atom is 0.355 e. The molecule has 4 rings (SSSR count). The number of anilines is 2. The molecule has 0 atom stereocenters. The number of benzene rings is 2. The summed E-state index contributed by atoms with van der Waals surface area (Å²) in [4.78, 5) is 60.5. The number of carbonyl (C=O) groups excluding carboxylic acids is 2. The highest BCUT2D eigenvalue weighted by Crippen LogP contribution is 2.22. The number of primary amides is 1. The Morgan fingerprint density at radius 2 is 1.71 bits per heavy atom. The van der Waals surface area contributed by atoms with Crippen LogP contribution in [-0.4, -0.2) is 43.1 Å². The third-order valence-corrected chi connectivity index (χ3v) is 5.38. The molecule has 13 nitrogen and oxygen atoms in total. The summed E-state index contributed by atoms with van der Waals surface area (Å²) in [6.07, 6.45) is 2.45. The van der Waals surface area contributed by atoms with Crippen LogP contribution in [0.4, 0.5) is 11.6 Å². The van der Waals surface area contributed by atoms with Crippen LogP contribution in [0.1, 0.15) is 16.1 Å². The van der Waals surface area contributed by atoms with Gasteiger partial charge in [0, 0.05) is 10.7 Å². The summed E-state index contributed by atoms with van der Waals surface area (Å²) in [5, 5.41) is 3.47. The number of esters is 1. The normalized spacial score (nSPS) is 10.6. The van der Waals surface area contributed by atoms with Gasteiger partial charge < -0.3 is 20.5 Å². The SMILES string of the molecule is COC(=O)Cn1c(=O)nc(Nc2ccc(Oc3cnc(C(N)=O)cn3)cc2)n(Cc2ccc(Cl)cc2)c1=O. The van der Waals surface area contributed by atoms with Gasteiger partial charge in [0.15, 0.2) is 0 Å². The van der Waals surface area contributed by atoms with Gasteiger partial charge in [0.25, 0.3) is 5.91 Å². The van der Waals surface area contributed by atoms with E-state index in [0.29, 0.717) is 26.6 Å². The van der Waals surface area contributed by atoms with Gasteiger partial charge in [-0.05, 0) is 42.0 Å². The number of hydrogen-bond acceptors (Lipinski definition) is 10. The number of nitrogens with two attached hydrogens (primary N) is 1. The maximum atomic E-state index is 13.2. The first-order valence-corrected chi connectivity index (χ1v) is 11.3. The summed E-state index contributed by atoms with van der Waals surface area (Å²) < 4.78 is 12.1. The Labute approximate surface area is 219 Å². The number of halogens is 1. The van der Waals surface area contributed by atoms with Crippen LogP contribution in [-0.2, 0) is 22.6 Å². The Morgan fingerprint density at radius 1 is 1.00 bits per heavy atom. The van der Waals surface area contributed by atoms with Crippen molar-refractivity contribution in [3.05, 3.63) is 98.2 Å². The molecule has 1 amide bonds. The highest BCUT2D eigenvalue weighted by atomic mass is 35.5. The number of methoxy groups -OCH3 is 1. The molecule has 0 bridgehead atoms. The lowest BCUT2D eigenvalue weighted by Crippen LogP contribution is -2.44. The summed E-state index contributed by atoms with van der Waals surface area (Å²) >= 11 is 5.96. The predicted octanol–water partition coefficient (Wildman–Crippen LogP) is 1.70. The Morgan fingerprint density at radius 3 is 2.32 bits per heavy atom. The molecule has 0 aliphatic carbocycles. The van der Waals surface area contributed by atoms with Gasteiger partial charge in [-0.3, -0.25) is 14.2 Å². The monoisotopic (exact) mass is 537 g/mol. The van der Waals surface area contributed by atoms with Gasteiger partial charge in [0.1, 0.15) is 18.0 Å². The van der Waals surface area contributed by atoms with Crippen molar-refractivity contribution in [3.63, 3.8) is 0 Å². The van der Waals surface area contributed by atoms with E-state index in [1.54, 1.807) is 48.5 Å². The molecule has 4 aromatic rings. The van der Waals surface area contributed by atoms with Crippen molar-refractivity contribution in [3.8, 4) is 11.6 Å². The van der Waals surface area contributed by atoms with Crippen LogP contribution in [0.2, 0.25) is 5.02 Å². The summed E-state index contributed by atoms with van der Waals surface area (Å²) in [7, 11) is 1.15. The number of ether oxygens (including phenoxy) is 2. The largest absolute Gasteiger partial charge is 0.468 e. The molecule has 0 spiro atoms. The van der Waals surface area contributed by atoms with Gasteiger partial charge in [0.05, 0.1) is 26.0 Å². The molecule has 0 aliphatic rings. The van der Waals surface area contributed by atoms with E-state index in [-0.39, 0.29) is 24.1 Å². The number of nitrogens with one attached hydrogen (secondary N) is 1. The number of amides is 1. The second-order valence-electron chi connectivity index (χ2n) is 7.73. The predicted molar refractivity (Wildman–Crippen MR) is 136 cm³/mol. The number of aromatic nitrogens is 5. The molecule has 0 saturated carbocycles. The van der Waals surface area contributed by atoms with E-state index >= 15 is 0 Å². The lowest BCUT2D eigenvalue weighted by molar-refractivity contribution is -0.141. The topological polar surface area (TPSA) is 173 Å². The van der Waals surface area contributed by atoms with Crippen molar-refractivity contribution >= 4 is 35.1 Å². The highest BCUT2D eigenvalue weighted by molar-refractivity contribution is 6.30. The quantitative estimate of drug-likeness (QED) is 0.299. The van der Waals surface area contributed by atoms with Crippen molar-refractivity contribution in [2.24, 2.45) is 5.73 Å². The van der Waals surface area contributed by atoms with E-state index in [4.69, 9.17) is 22.1 Å². The second kappa shape index (κ2) is 11.3. The van der Waals surface area contributed by atoms with Crippen molar-refractivity contribution in [2.75, 3.05) is 12.4 Å². The van der Waals surface area contributed by atoms with E-state index in [9.17, 15) is 19.2 Å². The Balaban J connectivity index is 1.61. The lowest BCUT2D eigenvalue weighted by Gasteiger charge is -2.15. The summed E-state index contributed by atoms with van der Waals surface area (Å²) in [6, 6.07) is 13.2. The number of rotatable bonds is 9. The molecule has 3 N–H and O–H groups in total. The lowest BCUT2D eigenvalue weighted by atomic mass is 10.2. The molecular formula is C24H20ClN7O6. The van der Waals surface area contributed by atoms with Gasteiger partial charge in [-0.1, -0.05) is 23.7 Å². The Hall–Kier alpha value is -5.04. The Bertz CT molecular complexity index is 1580. The van der Waals surface area contributed by atoms with Crippen LogP contribution < -0.4 is 27.2 Å². The molecule has 0 aliphatic heterocycles. The molecule has 2 aromatic carbocycles. The molecule has 194 valence electrons. The third kappa shape index (κ3) is 6.20. The van der Waals surface area contributed by atoms with Crippen LogP contribution in [0.25, 0.3) is 0 Å². The molecule has 0 fully saturated rings. The number of nitrogens with zero attached hydrogens (tertiary/aromatic N) is 5. The van der Waals surface area contributed by atoms with Crippen molar-refractivity contribution in [1.29, 1.82) is 0 Å². The van der Waals surface area contributed by atoms with E-state index in [1.165, 1.54) is 17.0 Å². The average molecular weight is 538 g/mol. The Kier molecular flexibility index (Phi) is 7.77. The minimum atomic E-state index is -0.923. The third-order valence-electron chi connectivity index (χ3n) is 5.13. The van der Waals surface area contributed by atoms with E-state index in [2.05, 4.69) is 25.0 Å². The standard InChI is InChI=1S/C24H20ClN7O6/c1-37-20(33)13-32-23(35)30-22(31(24(32)36)12-14-2-4-15(25)5-3-14)29-16-6-8-17(9-7-16)38-19-11-27-18(10-28-19)21(26)34/h2-11H,12-13H2,1H3,(H2,26,34)(H,29,30,35). The zero-order chi connectivity index (χ0) is 27.2. The molecule has 2 heterocycles. The summed E-state index contributed by atoms with van der Waals surface area (Å²) in [5.74, 6) is -0.979. The molecule has 0 saturated heterocycles. The molecule has 0 unspecified atom stereocenters. The molecule has 14 heteroatoms. The fourth-order valence-electron chi connectivity index (χ4n) is 3.22. The first kappa shape index (κ1) is 26.0. The summed E-state index contributed by atoms with van der Waals surface area (Å²) in [6.45, 7) is -0.550. The minimum absolute atomic E-state index is 0.00237. The zero-order valence-electron chi connectivity index (χ0n) is 19.8.